The molecule has 1 heterocycles. The Labute approximate surface area is 126 Å². The lowest BCUT2D eigenvalue weighted by molar-refractivity contribution is 0.303. The third kappa shape index (κ3) is 4.74. The summed E-state index contributed by atoms with van der Waals surface area (Å²) in [7, 11) is 0. The van der Waals surface area contributed by atoms with E-state index in [9.17, 15) is 0 Å². The maximum Gasteiger partial charge on any atom is 0.129 e. The lowest BCUT2D eigenvalue weighted by Crippen LogP contribution is -2.24. The Morgan fingerprint density at radius 1 is 1.10 bits per heavy atom. The van der Waals surface area contributed by atoms with E-state index in [1.807, 2.05) is 30.3 Å². The first-order valence-corrected chi connectivity index (χ1v) is 7.32. The molecule has 2 aromatic rings. The summed E-state index contributed by atoms with van der Waals surface area (Å²) in [6.07, 6.45) is 1.60. The summed E-state index contributed by atoms with van der Waals surface area (Å²) in [5, 5.41) is 3.34. The van der Waals surface area contributed by atoms with Crippen LogP contribution in [-0.2, 0) is 0 Å². The van der Waals surface area contributed by atoms with E-state index in [4.69, 9.17) is 4.74 Å². The van der Waals surface area contributed by atoms with Crippen LogP contribution in [0.5, 0.6) is 5.75 Å². The largest absolute Gasteiger partial charge is 0.491 e. The van der Waals surface area contributed by atoms with Crippen LogP contribution in [-0.4, -0.2) is 22.6 Å². The molecule has 112 valence electrons. The van der Waals surface area contributed by atoms with E-state index in [0.29, 0.717) is 12.5 Å². The first-order chi connectivity index (χ1) is 10.0. The molecule has 1 atom stereocenters. The molecule has 0 bridgehead atoms. The lowest BCUT2D eigenvalue weighted by atomic mass is 10.1. The van der Waals surface area contributed by atoms with E-state index in [2.05, 4.69) is 43.0 Å². The van der Waals surface area contributed by atoms with Crippen molar-refractivity contribution < 1.29 is 4.74 Å². The number of hydrogen-bond donors (Lipinski definition) is 1. The summed E-state index contributed by atoms with van der Waals surface area (Å²) >= 11 is 0. The number of benzene rings is 1. The third-order valence-electron chi connectivity index (χ3n) is 3.20. The molecule has 21 heavy (non-hydrogen) atoms. The van der Waals surface area contributed by atoms with Crippen LogP contribution >= 0.6 is 0 Å². The van der Waals surface area contributed by atoms with Gasteiger partial charge in [0.2, 0.25) is 0 Å². The molecular weight excluding hydrogens is 262 g/mol. The minimum atomic E-state index is 0.168. The van der Waals surface area contributed by atoms with Gasteiger partial charge in [-0.05, 0) is 31.9 Å². The summed E-state index contributed by atoms with van der Waals surface area (Å²) in [6.45, 7) is 8.97. The predicted octanol–water partition coefficient (Wildman–Crippen LogP) is 3.79. The molecule has 0 aliphatic rings. The number of nitrogens with zero attached hydrogens (tertiary/aromatic N) is 2. The maximum absolute atomic E-state index is 5.77. The summed E-state index contributed by atoms with van der Waals surface area (Å²) < 4.78 is 5.77. The zero-order chi connectivity index (χ0) is 15.2. The van der Waals surface area contributed by atoms with E-state index in [0.717, 1.165) is 17.3 Å². The number of anilines is 1. The highest BCUT2D eigenvalue weighted by molar-refractivity contribution is 5.36. The minimum absolute atomic E-state index is 0.168. The topological polar surface area (TPSA) is 47.0 Å². The summed E-state index contributed by atoms with van der Waals surface area (Å²) in [6, 6.07) is 10.2. The highest BCUT2D eigenvalue weighted by atomic mass is 16.5. The fourth-order valence-corrected chi connectivity index (χ4v) is 1.92. The Kier molecular flexibility index (Phi) is 5.14. The molecule has 1 aromatic carbocycles. The van der Waals surface area contributed by atoms with Crippen molar-refractivity contribution in [3.05, 3.63) is 47.9 Å². The average Bonchev–Trinajstić information content (AvgIpc) is 2.47. The van der Waals surface area contributed by atoms with Gasteiger partial charge >= 0.3 is 0 Å². The van der Waals surface area contributed by atoms with Crippen molar-refractivity contribution in [3.63, 3.8) is 0 Å². The number of aryl methyl sites for hydroxylation is 1. The Morgan fingerprint density at radius 2 is 1.81 bits per heavy atom. The molecule has 0 amide bonds. The van der Waals surface area contributed by atoms with Gasteiger partial charge in [0.15, 0.2) is 0 Å². The van der Waals surface area contributed by atoms with Crippen LogP contribution in [0, 0.1) is 6.92 Å². The molecule has 1 N–H and O–H groups in total. The van der Waals surface area contributed by atoms with Crippen LogP contribution < -0.4 is 10.1 Å². The molecule has 0 radical (unpaired) electrons. The van der Waals surface area contributed by atoms with E-state index in [1.54, 1.807) is 6.33 Å². The average molecular weight is 285 g/mol. The molecule has 1 unspecified atom stereocenters. The molecule has 2 rings (SSSR count). The molecule has 0 saturated carbocycles. The van der Waals surface area contributed by atoms with Gasteiger partial charge in [-0.1, -0.05) is 31.5 Å². The van der Waals surface area contributed by atoms with Crippen molar-refractivity contribution in [2.75, 3.05) is 11.9 Å². The van der Waals surface area contributed by atoms with Gasteiger partial charge in [-0.2, -0.15) is 0 Å². The zero-order valence-corrected chi connectivity index (χ0v) is 13.1. The van der Waals surface area contributed by atoms with Crippen LogP contribution in [0.3, 0.4) is 0 Å². The number of ether oxygens (including phenoxy) is 1. The van der Waals surface area contributed by atoms with Gasteiger partial charge in [0.05, 0.1) is 6.04 Å². The normalized spacial score (nSPS) is 12.2. The number of nitrogens with one attached hydrogen (secondary N) is 1. The standard InChI is InChI=1S/C17H23N3O/c1-12(2)16-9-17(19-11-18-16)20-14(4)10-21-15-7-5-13(3)6-8-15/h5-9,11-12,14H,10H2,1-4H3,(H,18,19,20). The van der Waals surface area contributed by atoms with Gasteiger partial charge in [0.1, 0.15) is 24.5 Å². The summed E-state index contributed by atoms with van der Waals surface area (Å²) in [5.74, 6) is 2.13. The van der Waals surface area contributed by atoms with E-state index in [-0.39, 0.29) is 6.04 Å². The smallest absolute Gasteiger partial charge is 0.129 e. The van der Waals surface area contributed by atoms with Crippen molar-refractivity contribution in [2.24, 2.45) is 0 Å². The fourth-order valence-electron chi connectivity index (χ4n) is 1.92. The first-order valence-electron chi connectivity index (χ1n) is 7.32. The Hall–Kier alpha value is -2.10. The van der Waals surface area contributed by atoms with Gasteiger partial charge in [0.25, 0.3) is 0 Å². The van der Waals surface area contributed by atoms with Gasteiger partial charge in [0, 0.05) is 11.8 Å². The molecule has 0 saturated heterocycles. The molecule has 4 heteroatoms. The van der Waals surface area contributed by atoms with Gasteiger partial charge < -0.3 is 10.1 Å². The van der Waals surface area contributed by atoms with Crippen LogP contribution in [0.1, 0.15) is 37.9 Å². The summed E-state index contributed by atoms with van der Waals surface area (Å²) in [4.78, 5) is 8.52. The number of aromatic nitrogens is 2. The second-order valence-corrected chi connectivity index (χ2v) is 5.65. The Bertz CT molecular complexity index is 567. The van der Waals surface area contributed by atoms with Crippen molar-refractivity contribution in [3.8, 4) is 5.75 Å². The molecule has 4 nitrogen and oxygen atoms in total. The highest BCUT2D eigenvalue weighted by Crippen LogP contribution is 2.15. The van der Waals surface area contributed by atoms with E-state index in [1.165, 1.54) is 5.56 Å². The predicted molar refractivity (Wildman–Crippen MR) is 85.9 cm³/mol. The molecule has 0 aliphatic carbocycles. The highest BCUT2D eigenvalue weighted by Gasteiger charge is 2.07. The van der Waals surface area contributed by atoms with Gasteiger partial charge in [-0.15, -0.1) is 0 Å². The van der Waals surface area contributed by atoms with Crippen LogP contribution in [0.25, 0.3) is 0 Å². The Morgan fingerprint density at radius 3 is 2.48 bits per heavy atom. The quantitative estimate of drug-likeness (QED) is 0.877. The maximum atomic E-state index is 5.77. The second kappa shape index (κ2) is 7.07. The SMILES string of the molecule is Cc1ccc(OCC(C)Nc2cc(C(C)C)ncn2)cc1. The van der Waals surface area contributed by atoms with Crippen molar-refractivity contribution in [1.82, 2.24) is 9.97 Å². The first kappa shape index (κ1) is 15.3. The number of hydrogen-bond acceptors (Lipinski definition) is 4. The van der Waals surface area contributed by atoms with Gasteiger partial charge in [-0.25, -0.2) is 9.97 Å². The van der Waals surface area contributed by atoms with E-state index < -0.39 is 0 Å². The van der Waals surface area contributed by atoms with E-state index >= 15 is 0 Å². The van der Waals surface area contributed by atoms with Crippen molar-refractivity contribution >= 4 is 5.82 Å². The Balaban J connectivity index is 1.88. The molecule has 0 spiro atoms. The zero-order valence-electron chi connectivity index (χ0n) is 13.1. The minimum Gasteiger partial charge on any atom is -0.491 e. The second-order valence-electron chi connectivity index (χ2n) is 5.65. The van der Waals surface area contributed by atoms with Crippen molar-refractivity contribution in [2.45, 2.75) is 39.7 Å². The van der Waals surface area contributed by atoms with Gasteiger partial charge in [-0.3, -0.25) is 0 Å². The monoisotopic (exact) mass is 285 g/mol. The molecule has 0 fully saturated rings. The fraction of sp³-hybridized carbons (Fsp3) is 0.412. The summed E-state index contributed by atoms with van der Waals surface area (Å²) in [5.41, 5.74) is 2.27. The molecular formula is C17H23N3O. The lowest BCUT2D eigenvalue weighted by Gasteiger charge is -2.16. The molecule has 1 aromatic heterocycles. The number of rotatable bonds is 6. The molecule has 0 aliphatic heterocycles. The van der Waals surface area contributed by atoms with Crippen molar-refractivity contribution in [1.29, 1.82) is 0 Å². The van der Waals surface area contributed by atoms with Crippen LogP contribution in [0.15, 0.2) is 36.7 Å². The van der Waals surface area contributed by atoms with Crippen LogP contribution in [0.2, 0.25) is 0 Å². The third-order valence-corrected chi connectivity index (χ3v) is 3.20. The van der Waals surface area contributed by atoms with Crippen LogP contribution in [0.4, 0.5) is 5.82 Å².